The van der Waals surface area contributed by atoms with Crippen molar-refractivity contribution in [3.8, 4) is 22.6 Å². The Morgan fingerprint density at radius 3 is 2.34 bits per heavy atom. The van der Waals surface area contributed by atoms with E-state index in [1.165, 1.54) is 37.4 Å². The van der Waals surface area contributed by atoms with Crippen molar-refractivity contribution in [2.24, 2.45) is 0 Å². The summed E-state index contributed by atoms with van der Waals surface area (Å²) in [4.78, 5) is 13.0. The first-order valence-electron chi connectivity index (χ1n) is 10.4. The fraction of sp³-hybridized carbons (Fsp3) is 0.0385. The van der Waals surface area contributed by atoms with Crippen molar-refractivity contribution in [1.82, 2.24) is 0 Å². The second-order valence-corrected chi connectivity index (χ2v) is 8.23. The molecule has 7 nitrogen and oxygen atoms in total. The number of carbonyl (C=O) groups is 1. The van der Waals surface area contributed by atoms with Gasteiger partial charge in [-0.15, -0.1) is 0 Å². The first-order chi connectivity index (χ1) is 16.9. The summed E-state index contributed by atoms with van der Waals surface area (Å²) in [5, 5.41) is 13.0. The number of halogens is 1. The van der Waals surface area contributed by atoms with Gasteiger partial charge in [0.2, 0.25) is 0 Å². The molecule has 0 bridgehead atoms. The monoisotopic (exact) mass is 491 g/mol. The highest BCUT2D eigenvalue weighted by Crippen LogP contribution is 2.37. The van der Waals surface area contributed by atoms with E-state index in [1.807, 2.05) is 30.3 Å². The second kappa shape index (κ2) is 10.4. The van der Waals surface area contributed by atoms with Gasteiger partial charge in [0.15, 0.2) is 0 Å². The van der Waals surface area contributed by atoms with Crippen LogP contribution in [0, 0.1) is 5.82 Å². The Balaban J connectivity index is 1.63. The highest BCUT2D eigenvalue weighted by molar-refractivity contribution is 7.81. The number of hydrogen-bond donors (Lipinski definition) is 2. The lowest BCUT2D eigenvalue weighted by Gasteiger charge is -2.27. The zero-order valence-corrected chi connectivity index (χ0v) is 19.3. The molecule has 1 atom stereocenters. The Hall–Kier alpha value is -4.21. The molecule has 0 aliphatic carbocycles. The predicted molar refractivity (Wildman–Crippen MR) is 132 cm³/mol. The van der Waals surface area contributed by atoms with E-state index in [4.69, 9.17) is 4.74 Å². The molecular formula is C26H20FN2O5S-. The molecule has 35 heavy (non-hydrogen) atoms. The number of hydrogen-bond acceptors (Lipinski definition) is 5. The molecule has 4 aromatic carbocycles. The molecule has 0 aliphatic heterocycles. The molecule has 0 aromatic heterocycles. The first-order valence-corrected chi connectivity index (χ1v) is 11.4. The summed E-state index contributed by atoms with van der Waals surface area (Å²) in [6.07, 6.45) is 0. The zero-order valence-electron chi connectivity index (χ0n) is 18.5. The van der Waals surface area contributed by atoms with Crippen LogP contribution >= 0.6 is 0 Å². The fourth-order valence-electron chi connectivity index (χ4n) is 3.53. The predicted octanol–water partition coefficient (Wildman–Crippen LogP) is 5.39. The number of ether oxygens (including phenoxy) is 1. The van der Waals surface area contributed by atoms with Gasteiger partial charge in [-0.1, -0.05) is 36.4 Å². The number of phenols is 1. The molecule has 0 saturated carbocycles. The van der Waals surface area contributed by atoms with Gasteiger partial charge in [-0.3, -0.25) is 13.3 Å². The van der Waals surface area contributed by atoms with Gasteiger partial charge in [0.25, 0.3) is 5.91 Å². The molecule has 0 heterocycles. The molecule has 0 saturated heterocycles. The van der Waals surface area contributed by atoms with Gasteiger partial charge >= 0.3 is 0 Å². The molecule has 4 rings (SSSR count). The van der Waals surface area contributed by atoms with Gasteiger partial charge in [-0.2, -0.15) is 0 Å². The van der Waals surface area contributed by atoms with Crippen LogP contribution in [0.2, 0.25) is 0 Å². The number of phenolic OH excluding ortho intramolecular Hbond substituents is 1. The maximum absolute atomic E-state index is 13.3. The van der Waals surface area contributed by atoms with E-state index in [0.29, 0.717) is 5.75 Å². The smallest absolute Gasteiger partial charge is 0.259 e. The third-order valence-electron chi connectivity index (χ3n) is 5.22. The van der Waals surface area contributed by atoms with Gasteiger partial charge in [-0.25, -0.2) is 4.39 Å². The lowest BCUT2D eigenvalue weighted by Crippen LogP contribution is -2.20. The topological polar surface area (TPSA) is 102 Å². The Kier molecular flexibility index (Phi) is 7.09. The molecular weight excluding hydrogens is 471 g/mol. The molecule has 178 valence electrons. The molecule has 1 amide bonds. The van der Waals surface area contributed by atoms with Crippen LogP contribution in [-0.4, -0.2) is 26.9 Å². The standard InChI is InChI=1S/C26H21FN2O5S/c1-34-25-15-18(17-5-3-2-4-6-17)7-13-22(25)26(31)28-20-10-14-24(30)23(16-20)29(35(32)33)21-11-8-19(27)9-12-21/h2-16,30H,1H3,(H,28,31)(H,32,33)/p-1. The van der Waals surface area contributed by atoms with Crippen LogP contribution in [0.5, 0.6) is 11.5 Å². The van der Waals surface area contributed by atoms with Crippen molar-refractivity contribution in [3.05, 3.63) is 102 Å². The Labute approximate surface area is 203 Å². The van der Waals surface area contributed by atoms with Gasteiger partial charge < -0.3 is 19.7 Å². The molecule has 9 heteroatoms. The number of amides is 1. The quantitative estimate of drug-likeness (QED) is 0.267. The van der Waals surface area contributed by atoms with Gasteiger partial charge in [0.1, 0.15) is 17.3 Å². The minimum absolute atomic E-state index is 0.108. The van der Waals surface area contributed by atoms with Gasteiger partial charge in [0.05, 0.1) is 35.3 Å². The number of anilines is 3. The molecule has 0 spiro atoms. The third kappa shape index (κ3) is 5.32. The summed E-state index contributed by atoms with van der Waals surface area (Å²) in [6, 6.07) is 23.5. The molecule has 0 fully saturated rings. The van der Waals surface area contributed by atoms with E-state index in [0.717, 1.165) is 27.6 Å². The van der Waals surface area contributed by atoms with Gasteiger partial charge in [-0.05, 0) is 65.7 Å². The van der Waals surface area contributed by atoms with E-state index < -0.39 is 23.0 Å². The van der Waals surface area contributed by atoms with Crippen LogP contribution < -0.4 is 14.4 Å². The third-order valence-corrected chi connectivity index (χ3v) is 5.92. The minimum Gasteiger partial charge on any atom is -0.755 e. The summed E-state index contributed by atoms with van der Waals surface area (Å²) < 4.78 is 43.4. The zero-order chi connectivity index (χ0) is 24.9. The van der Waals surface area contributed by atoms with Crippen LogP contribution in [0.4, 0.5) is 21.5 Å². The average molecular weight is 492 g/mol. The largest absolute Gasteiger partial charge is 0.755 e. The number of benzene rings is 4. The van der Waals surface area contributed by atoms with Crippen molar-refractivity contribution in [3.63, 3.8) is 0 Å². The summed E-state index contributed by atoms with van der Waals surface area (Å²) in [7, 11) is 1.46. The highest BCUT2D eigenvalue weighted by atomic mass is 32.2. The Morgan fingerprint density at radius 1 is 0.971 bits per heavy atom. The number of methoxy groups -OCH3 is 1. The van der Waals surface area contributed by atoms with Crippen LogP contribution in [0.25, 0.3) is 11.1 Å². The maximum atomic E-state index is 13.3. The number of nitrogens with zero attached hydrogens (tertiary/aromatic N) is 1. The highest BCUT2D eigenvalue weighted by Gasteiger charge is 2.18. The van der Waals surface area contributed by atoms with Crippen LogP contribution in [0.15, 0.2) is 91.0 Å². The van der Waals surface area contributed by atoms with Crippen molar-refractivity contribution in [1.29, 1.82) is 0 Å². The fourth-order valence-corrected chi connectivity index (χ4v) is 4.13. The molecule has 0 aliphatic rings. The minimum atomic E-state index is -2.84. The van der Waals surface area contributed by atoms with Crippen molar-refractivity contribution in [2.45, 2.75) is 0 Å². The number of aromatic hydroxyl groups is 1. The van der Waals surface area contributed by atoms with Gasteiger partial charge in [0, 0.05) is 5.69 Å². The summed E-state index contributed by atoms with van der Waals surface area (Å²) in [5.74, 6) is -1.02. The lowest BCUT2D eigenvalue weighted by molar-refractivity contribution is 0.102. The normalized spacial score (nSPS) is 11.5. The molecule has 2 N–H and O–H groups in total. The first kappa shape index (κ1) is 23.9. The molecule has 0 radical (unpaired) electrons. The van der Waals surface area contributed by atoms with E-state index in [-0.39, 0.29) is 28.4 Å². The second-order valence-electron chi connectivity index (χ2n) is 7.43. The van der Waals surface area contributed by atoms with E-state index >= 15 is 0 Å². The Bertz CT molecular complexity index is 1380. The van der Waals surface area contributed by atoms with E-state index in [1.54, 1.807) is 18.2 Å². The number of carbonyl (C=O) groups excluding carboxylic acids is 1. The molecule has 1 unspecified atom stereocenters. The van der Waals surface area contributed by atoms with Crippen LogP contribution in [-0.2, 0) is 11.3 Å². The van der Waals surface area contributed by atoms with Crippen LogP contribution in [0.3, 0.4) is 0 Å². The van der Waals surface area contributed by atoms with E-state index in [9.17, 15) is 23.1 Å². The average Bonchev–Trinajstić information content (AvgIpc) is 2.87. The summed E-state index contributed by atoms with van der Waals surface area (Å²) in [5.41, 5.74) is 2.33. The maximum Gasteiger partial charge on any atom is 0.259 e. The summed E-state index contributed by atoms with van der Waals surface area (Å²) in [6.45, 7) is 0. The van der Waals surface area contributed by atoms with Crippen molar-refractivity contribution < 1.29 is 27.8 Å². The number of nitrogens with one attached hydrogen (secondary N) is 1. The summed E-state index contributed by atoms with van der Waals surface area (Å²) >= 11 is -2.84. The Morgan fingerprint density at radius 2 is 1.69 bits per heavy atom. The van der Waals surface area contributed by atoms with Crippen LogP contribution in [0.1, 0.15) is 10.4 Å². The lowest BCUT2D eigenvalue weighted by atomic mass is 10.0. The van der Waals surface area contributed by atoms with Crippen molar-refractivity contribution in [2.75, 3.05) is 16.7 Å². The van der Waals surface area contributed by atoms with E-state index in [2.05, 4.69) is 5.32 Å². The SMILES string of the molecule is COc1cc(-c2ccccc2)ccc1C(=O)Nc1ccc(O)c(N(c2ccc(F)cc2)S(=O)[O-])c1. The number of rotatable bonds is 7. The van der Waals surface area contributed by atoms with Crippen molar-refractivity contribution >= 4 is 34.2 Å². The molecule has 4 aromatic rings.